The Kier molecular flexibility index (Phi) is 15.5. The molecule has 2 atom stereocenters. The van der Waals surface area contributed by atoms with Crippen molar-refractivity contribution in [2.24, 2.45) is 0 Å². The average molecular weight is 677 g/mol. The van der Waals surface area contributed by atoms with Gasteiger partial charge in [-0.15, -0.1) is 0 Å². The van der Waals surface area contributed by atoms with Gasteiger partial charge in [-0.25, -0.2) is 23.6 Å². The molecule has 0 aliphatic heterocycles. The van der Waals surface area contributed by atoms with Gasteiger partial charge in [0.05, 0.1) is 24.3 Å². The number of rotatable bonds is 20. The number of hydrogen-bond donors (Lipinski definition) is 0. The van der Waals surface area contributed by atoms with Crippen LogP contribution < -0.4 is 18.9 Å². The average Bonchev–Trinajstić information content (AvgIpc) is 3.12. The standard InChI is InChI=1S/C38H41FO10/c1-5-28(46-35(40)7-3)11-9-23-44-30-17-13-26(14-18-30)37(42)48-32-21-22-34(33(39)25-32)49-38(43)27-15-19-31(20-16-27)45-24-10-12-29(6-2)47-36(41)8-4/h7-8,13-22,25,28-29H,3-6,9-12,23-24H2,1-2H3. The Labute approximate surface area is 285 Å². The Balaban J connectivity index is 1.43. The second-order valence-electron chi connectivity index (χ2n) is 10.7. The van der Waals surface area contributed by atoms with Gasteiger partial charge in [-0.2, -0.15) is 0 Å². The van der Waals surface area contributed by atoms with Gasteiger partial charge >= 0.3 is 23.9 Å². The Hall–Kier alpha value is -5.45. The molecule has 0 aromatic heterocycles. The van der Waals surface area contributed by atoms with Gasteiger partial charge in [0.2, 0.25) is 0 Å². The summed E-state index contributed by atoms with van der Waals surface area (Å²) in [6, 6.07) is 15.9. The van der Waals surface area contributed by atoms with Crippen LogP contribution in [0.2, 0.25) is 0 Å². The lowest BCUT2D eigenvalue weighted by Gasteiger charge is -2.15. The van der Waals surface area contributed by atoms with Crippen molar-refractivity contribution in [3.63, 3.8) is 0 Å². The smallest absolute Gasteiger partial charge is 0.343 e. The molecule has 3 aromatic rings. The summed E-state index contributed by atoms with van der Waals surface area (Å²) in [6.07, 6.45) is 5.78. The summed E-state index contributed by atoms with van der Waals surface area (Å²) in [7, 11) is 0. The van der Waals surface area contributed by atoms with Gasteiger partial charge in [-0.1, -0.05) is 27.0 Å². The van der Waals surface area contributed by atoms with Crippen LogP contribution in [0.1, 0.15) is 73.1 Å². The van der Waals surface area contributed by atoms with Crippen molar-refractivity contribution in [3.8, 4) is 23.0 Å². The molecule has 0 saturated heterocycles. The first kappa shape index (κ1) is 38.0. The lowest BCUT2D eigenvalue weighted by Crippen LogP contribution is -2.16. The zero-order valence-corrected chi connectivity index (χ0v) is 27.7. The molecule has 0 aliphatic rings. The van der Waals surface area contributed by atoms with Crippen LogP contribution in [-0.4, -0.2) is 49.3 Å². The molecule has 0 radical (unpaired) electrons. The number of ether oxygens (including phenoxy) is 6. The summed E-state index contributed by atoms with van der Waals surface area (Å²) in [6.45, 7) is 11.4. The molecule has 10 nitrogen and oxygen atoms in total. The van der Waals surface area contributed by atoms with Gasteiger partial charge in [0.15, 0.2) is 11.6 Å². The van der Waals surface area contributed by atoms with Gasteiger partial charge in [-0.05, 0) is 99.2 Å². The summed E-state index contributed by atoms with van der Waals surface area (Å²) in [5, 5.41) is 0. The molecule has 49 heavy (non-hydrogen) atoms. The third kappa shape index (κ3) is 12.9. The lowest BCUT2D eigenvalue weighted by atomic mass is 10.1. The molecule has 0 spiro atoms. The van der Waals surface area contributed by atoms with Gasteiger partial charge in [0, 0.05) is 18.2 Å². The second kappa shape index (κ2) is 20.0. The molecule has 3 aromatic carbocycles. The first-order valence-corrected chi connectivity index (χ1v) is 16.0. The number of benzene rings is 3. The highest BCUT2D eigenvalue weighted by Gasteiger charge is 2.16. The molecule has 2 unspecified atom stereocenters. The van der Waals surface area contributed by atoms with Gasteiger partial charge in [-0.3, -0.25) is 0 Å². The first-order chi connectivity index (χ1) is 23.6. The SMILES string of the molecule is C=CC(=O)OC(CC)CCCOc1ccc(C(=O)Oc2ccc(OC(=O)c3ccc(OCCCC(CC)OC(=O)C=C)cc3)c(F)c2)cc1. The topological polar surface area (TPSA) is 124 Å². The lowest BCUT2D eigenvalue weighted by molar-refractivity contribution is -0.144. The fraction of sp³-hybridized carbons (Fsp3) is 0.316. The van der Waals surface area contributed by atoms with E-state index in [2.05, 4.69) is 13.2 Å². The molecule has 260 valence electrons. The summed E-state index contributed by atoms with van der Waals surface area (Å²) in [5.74, 6) is -2.65. The van der Waals surface area contributed by atoms with E-state index >= 15 is 0 Å². The summed E-state index contributed by atoms with van der Waals surface area (Å²) in [4.78, 5) is 48.0. The van der Waals surface area contributed by atoms with Crippen molar-refractivity contribution in [2.75, 3.05) is 13.2 Å². The number of hydrogen-bond acceptors (Lipinski definition) is 10. The fourth-order valence-corrected chi connectivity index (χ4v) is 4.45. The van der Waals surface area contributed by atoms with Crippen LogP contribution >= 0.6 is 0 Å². The zero-order valence-electron chi connectivity index (χ0n) is 27.7. The third-order valence-electron chi connectivity index (χ3n) is 7.18. The van der Waals surface area contributed by atoms with E-state index in [1.807, 2.05) is 13.8 Å². The van der Waals surface area contributed by atoms with E-state index in [4.69, 9.17) is 28.4 Å². The molecule has 0 heterocycles. The highest BCUT2D eigenvalue weighted by atomic mass is 19.1. The second-order valence-corrected chi connectivity index (χ2v) is 10.7. The Morgan fingerprint density at radius 1 is 0.653 bits per heavy atom. The molecule has 0 amide bonds. The van der Waals surface area contributed by atoms with Crippen molar-refractivity contribution < 1.29 is 52.0 Å². The quantitative estimate of drug-likeness (QED) is 0.0512. The molecule has 0 saturated carbocycles. The van der Waals surface area contributed by atoms with Crippen LogP contribution in [0.25, 0.3) is 0 Å². The predicted octanol–water partition coefficient (Wildman–Crippen LogP) is 7.60. The monoisotopic (exact) mass is 676 g/mol. The van der Waals surface area contributed by atoms with Crippen LogP contribution in [0.15, 0.2) is 92.0 Å². The maximum Gasteiger partial charge on any atom is 0.343 e. The molecular weight excluding hydrogens is 635 g/mol. The van der Waals surface area contributed by atoms with E-state index < -0.39 is 29.7 Å². The number of carbonyl (C=O) groups excluding carboxylic acids is 4. The van der Waals surface area contributed by atoms with Crippen molar-refractivity contribution in [2.45, 2.75) is 64.6 Å². The van der Waals surface area contributed by atoms with Crippen molar-refractivity contribution in [1.82, 2.24) is 0 Å². The third-order valence-corrected chi connectivity index (χ3v) is 7.18. The number of carbonyl (C=O) groups is 4. The van der Waals surface area contributed by atoms with Crippen LogP contribution in [0, 0.1) is 5.82 Å². The molecule has 0 fully saturated rings. The molecule has 3 rings (SSSR count). The van der Waals surface area contributed by atoms with Gasteiger partial charge in [0.1, 0.15) is 29.5 Å². The highest BCUT2D eigenvalue weighted by Crippen LogP contribution is 2.25. The van der Waals surface area contributed by atoms with Crippen molar-refractivity contribution in [3.05, 3.63) is 109 Å². The Morgan fingerprint density at radius 3 is 1.49 bits per heavy atom. The largest absolute Gasteiger partial charge is 0.494 e. The van der Waals surface area contributed by atoms with E-state index in [1.165, 1.54) is 36.4 Å². The minimum absolute atomic E-state index is 0.0733. The Bertz CT molecular complexity index is 1570. The number of esters is 4. The first-order valence-electron chi connectivity index (χ1n) is 16.0. The van der Waals surface area contributed by atoms with Crippen molar-refractivity contribution >= 4 is 23.9 Å². The minimum atomic E-state index is -0.893. The minimum Gasteiger partial charge on any atom is -0.494 e. The van der Waals surface area contributed by atoms with Crippen molar-refractivity contribution in [1.29, 1.82) is 0 Å². The maximum atomic E-state index is 14.8. The van der Waals surface area contributed by atoms with Crippen LogP contribution in [0.3, 0.4) is 0 Å². The number of halogens is 1. The van der Waals surface area contributed by atoms with E-state index in [1.54, 1.807) is 24.3 Å². The summed E-state index contributed by atoms with van der Waals surface area (Å²) >= 11 is 0. The fourth-order valence-electron chi connectivity index (χ4n) is 4.45. The molecule has 11 heteroatoms. The van der Waals surface area contributed by atoms with E-state index in [-0.39, 0.29) is 34.8 Å². The summed E-state index contributed by atoms with van der Waals surface area (Å²) < 4.78 is 47.2. The maximum absolute atomic E-state index is 14.8. The molecular formula is C38H41FO10. The van der Waals surface area contributed by atoms with E-state index in [0.29, 0.717) is 63.2 Å². The van der Waals surface area contributed by atoms with Crippen LogP contribution in [0.5, 0.6) is 23.0 Å². The molecule has 0 bridgehead atoms. The normalized spacial score (nSPS) is 11.7. The van der Waals surface area contributed by atoms with Crippen LogP contribution in [-0.2, 0) is 19.1 Å². The van der Waals surface area contributed by atoms with E-state index in [0.717, 1.165) is 18.2 Å². The molecule has 0 aliphatic carbocycles. The highest BCUT2D eigenvalue weighted by molar-refractivity contribution is 5.92. The van der Waals surface area contributed by atoms with Gasteiger partial charge < -0.3 is 28.4 Å². The van der Waals surface area contributed by atoms with Gasteiger partial charge in [0.25, 0.3) is 0 Å². The molecule has 0 N–H and O–H groups in total. The Morgan fingerprint density at radius 2 is 1.08 bits per heavy atom. The predicted molar refractivity (Wildman–Crippen MR) is 179 cm³/mol. The van der Waals surface area contributed by atoms with Crippen LogP contribution in [0.4, 0.5) is 4.39 Å². The summed E-state index contributed by atoms with van der Waals surface area (Å²) in [5.41, 5.74) is 0.397. The van der Waals surface area contributed by atoms with E-state index in [9.17, 15) is 23.6 Å². The zero-order chi connectivity index (χ0) is 35.6.